The third-order valence-electron chi connectivity index (χ3n) is 3.58. The number of anilines is 1. The van der Waals surface area contributed by atoms with Gasteiger partial charge in [-0.2, -0.15) is 5.10 Å². The molecule has 114 valence electrons. The van der Waals surface area contributed by atoms with Crippen molar-refractivity contribution in [3.63, 3.8) is 0 Å². The van der Waals surface area contributed by atoms with E-state index in [4.69, 9.17) is 21.1 Å². The normalized spacial score (nSPS) is 20.4. The maximum atomic E-state index is 11.8. The molecular weight excluding hydrogens is 326 g/mol. The molecule has 0 radical (unpaired) electrons. The van der Waals surface area contributed by atoms with Crippen molar-refractivity contribution in [3.05, 3.63) is 40.0 Å². The van der Waals surface area contributed by atoms with Gasteiger partial charge in [0.15, 0.2) is 6.79 Å². The Morgan fingerprint density at radius 1 is 1.36 bits per heavy atom. The summed E-state index contributed by atoms with van der Waals surface area (Å²) in [6, 6.07) is 3.73. The summed E-state index contributed by atoms with van der Waals surface area (Å²) in [6.07, 6.45) is 1.73. The van der Waals surface area contributed by atoms with Crippen LogP contribution in [0.25, 0.3) is 0 Å². The monoisotopic (exact) mass is 337 g/mol. The van der Waals surface area contributed by atoms with Gasteiger partial charge in [0.25, 0.3) is 0 Å². The number of rotatable bonds is 1. The number of nitrogens with one attached hydrogen (secondary N) is 2. The number of thioether (sulfide) groups is 1. The lowest BCUT2D eigenvalue weighted by Crippen LogP contribution is -2.14. The smallest absolute Gasteiger partial charge is 0.235 e. The summed E-state index contributed by atoms with van der Waals surface area (Å²) < 4.78 is 11.0. The lowest BCUT2D eigenvalue weighted by molar-refractivity contribution is -0.113. The van der Waals surface area contributed by atoms with Crippen LogP contribution in [0.3, 0.4) is 0 Å². The Bertz CT molecular complexity index is 749. The van der Waals surface area contributed by atoms with Gasteiger partial charge < -0.3 is 14.8 Å². The van der Waals surface area contributed by atoms with E-state index in [0.29, 0.717) is 23.2 Å². The highest BCUT2D eigenvalue weighted by molar-refractivity contribution is 8.00. The van der Waals surface area contributed by atoms with E-state index in [2.05, 4.69) is 15.5 Å². The van der Waals surface area contributed by atoms with E-state index in [9.17, 15) is 4.79 Å². The molecule has 2 aliphatic heterocycles. The van der Waals surface area contributed by atoms with E-state index >= 15 is 0 Å². The number of hydrogen-bond donors (Lipinski definition) is 2. The number of ether oxygens (including phenoxy) is 2. The summed E-state index contributed by atoms with van der Waals surface area (Å²) in [5, 5.41) is 10.2. The van der Waals surface area contributed by atoms with Crippen molar-refractivity contribution in [2.24, 2.45) is 0 Å². The summed E-state index contributed by atoms with van der Waals surface area (Å²) in [7, 11) is 0. The second kappa shape index (κ2) is 5.49. The van der Waals surface area contributed by atoms with Crippen LogP contribution < -0.4 is 10.1 Å². The molecule has 1 atom stereocenters. The number of fused-ring (bicyclic) bond motifs is 2. The van der Waals surface area contributed by atoms with Crippen molar-refractivity contribution in [2.75, 3.05) is 17.9 Å². The van der Waals surface area contributed by atoms with E-state index in [-0.39, 0.29) is 18.0 Å². The van der Waals surface area contributed by atoms with Crippen LogP contribution in [0.15, 0.2) is 18.3 Å². The number of carbonyl (C=O) groups is 1. The second-order valence-electron chi connectivity index (χ2n) is 5.03. The van der Waals surface area contributed by atoms with Crippen LogP contribution in [0.4, 0.5) is 5.82 Å². The number of halogens is 1. The van der Waals surface area contributed by atoms with Crippen LogP contribution in [0.1, 0.15) is 21.9 Å². The minimum absolute atomic E-state index is 0.0573. The topological polar surface area (TPSA) is 76.2 Å². The van der Waals surface area contributed by atoms with Gasteiger partial charge in [0.2, 0.25) is 5.91 Å². The van der Waals surface area contributed by atoms with Gasteiger partial charge >= 0.3 is 0 Å². The lowest BCUT2D eigenvalue weighted by atomic mass is 10.0. The molecule has 3 heterocycles. The molecule has 0 aliphatic carbocycles. The number of carbonyl (C=O) groups excluding carboxylic acids is 1. The zero-order valence-corrected chi connectivity index (χ0v) is 13.0. The number of nitrogens with zero attached hydrogens (tertiary/aromatic N) is 1. The molecule has 0 saturated heterocycles. The van der Waals surface area contributed by atoms with Gasteiger partial charge in [-0.3, -0.25) is 9.89 Å². The number of H-pyrrole nitrogens is 1. The van der Waals surface area contributed by atoms with E-state index in [1.807, 2.05) is 12.1 Å². The number of amides is 1. The molecule has 1 unspecified atom stereocenters. The predicted molar refractivity (Wildman–Crippen MR) is 83.3 cm³/mol. The third-order valence-corrected chi connectivity index (χ3v) is 5.07. The van der Waals surface area contributed by atoms with E-state index < -0.39 is 0 Å². The largest absolute Gasteiger partial charge is 0.467 e. The van der Waals surface area contributed by atoms with E-state index in [1.54, 1.807) is 6.20 Å². The minimum atomic E-state index is -0.0850. The molecule has 2 aromatic rings. The van der Waals surface area contributed by atoms with Gasteiger partial charge in [0.1, 0.15) is 11.6 Å². The molecule has 1 aromatic heterocycles. The SMILES string of the molecule is O=C1CSC(c2cc(Cl)cc3c2OCOC3)c2cn[nH]c2N1. The molecule has 2 aliphatic rings. The highest BCUT2D eigenvalue weighted by Gasteiger charge is 2.30. The molecule has 4 rings (SSSR count). The summed E-state index contributed by atoms with van der Waals surface area (Å²) in [6.45, 7) is 0.685. The maximum Gasteiger partial charge on any atom is 0.235 e. The number of aromatic nitrogens is 2. The molecule has 0 fully saturated rings. The first kappa shape index (κ1) is 13.9. The summed E-state index contributed by atoms with van der Waals surface area (Å²) in [4.78, 5) is 11.8. The van der Waals surface area contributed by atoms with Crippen LogP contribution in [0, 0.1) is 0 Å². The van der Waals surface area contributed by atoms with Gasteiger partial charge in [-0.15, -0.1) is 11.8 Å². The Labute approximate surface area is 135 Å². The fourth-order valence-electron chi connectivity index (χ4n) is 2.68. The zero-order chi connectivity index (χ0) is 15.1. The fraction of sp³-hybridized carbons (Fsp3) is 0.286. The first-order valence-electron chi connectivity index (χ1n) is 6.70. The van der Waals surface area contributed by atoms with Crippen molar-refractivity contribution >= 4 is 35.1 Å². The molecule has 1 amide bonds. The minimum Gasteiger partial charge on any atom is -0.467 e. The fourth-order valence-corrected chi connectivity index (χ4v) is 4.03. The van der Waals surface area contributed by atoms with Gasteiger partial charge in [0, 0.05) is 21.7 Å². The first-order chi connectivity index (χ1) is 10.7. The molecule has 6 nitrogen and oxygen atoms in total. The lowest BCUT2D eigenvalue weighted by Gasteiger charge is -2.24. The Kier molecular flexibility index (Phi) is 3.48. The van der Waals surface area contributed by atoms with Crippen LogP contribution in [0.2, 0.25) is 5.02 Å². The van der Waals surface area contributed by atoms with Gasteiger partial charge in [-0.05, 0) is 12.1 Å². The van der Waals surface area contributed by atoms with Crippen molar-refractivity contribution in [1.82, 2.24) is 10.2 Å². The number of hydrogen-bond acceptors (Lipinski definition) is 5. The zero-order valence-electron chi connectivity index (χ0n) is 11.4. The van der Waals surface area contributed by atoms with Crippen molar-refractivity contribution in [1.29, 1.82) is 0 Å². The summed E-state index contributed by atoms with van der Waals surface area (Å²) in [5.41, 5.74) is 2.77. The average Bonchev–Trinajstić information content (AvgIpc) is 2.89. The van der Waals surface area contributed by atoms with Crippen LogP contribution >= 0.6 is 23.4 Å². The Hall–Kier alpha value is -1.70. The standard InChI is InChI=1S/C14H12ClN3O3S/c15-8-1-7-4-20-6-21-12(7)9(2-8)13-10-3-16-18-14(10)17-11(19)5-22-13/h1-3,13H,4-6H2,(H2,16,17,18,19). The molecule has 8 heteroatoms. The van der Waals surface area contributed by atoms with Crippen LogP contribution in [-0.4, -0.2) is 28.7 Å². The second-order valence-corrected chi connectivity index (χ2v) is 6.56. The molecule has 0 spiro atoms. The molecule has 22 heavy (non-hydrogen) atoms. The summed E-state index contributed by atoms with van der Waals surface area (Å²) >= 11 is 7.77. The highest BCUT2D eigenvalue weighted by Crippen LogP contribution is 2.46. The van der Waals surface area contributed by atoms with Crippen molar-refractivity contribution < 1.29 is 14.3 Å². The first-order valence-corrected chi connectivity index (χ1v) is 8.12. The number of benzene rings is 1. The molecular formula is C14H12ClN3O3S. The Morgan fingerprint density at radius 3 is 3.18 bits per heavy atom. The molecule has 2 N–H and O–H groups in total. The highest BCUT2D eigenvalue weighted by atomic mass is 35.5. The van der Waals surface area contributed by atoms with E-state index in [0.717, 1.165) is 22.4 Å². The molecule has 1 aromatic carbocycles. The maximum absolute atomic E-state index is 11.8. The van der Waals surface area contributed by atoms with Gasteiger partial charge in [-0.25, -0.2) is 0 Å². The Morgan fingerprint density at radius 2 is 2.27 bits per heavy atom. The van der Waals surface area contributed by atoms with Gasteiger partial charge in [0.05, 0.1) is 23.8 Å². The van der Waals surface area contributed by atoms with Crippen LogP contribution in [-0.2, 0) is 16.1 Å². The average molecular weight is 338 g/mol. The third kappa shape index (κ3) is 2.35. The molecule has 0 saturated carbocycles. The summed E-state index contributed by atoms with van der Waals surface area (Å²) in [5.74, 6) is 1.71. The van der Waals surface area contributed by atoms with Crippen molar-refractivity contribution in [3.8, 4) is 5.75 Å². The Balaban J connectivity index is 1.85. The quantitative estimate of drug-likeness (QED) is 0.836. The van der Waals surface area contributed by atoms with Crippen molar-refractivity contribution in [2.45, 2.75) is 11.9 Å². The number of aromatic amines is 1. The van der Waals surface area contributed by atoms with Gasteiger partial charge in [-0.1, -0.05) is 11.6 Å². The predicted octanol–water partition coefficient (Wildman–Crippen LogP) is 2.70. The molecule has 0 bridgehead atoms. The van der Waals surface area contributed by atoms with E-state index in [1.165, 1.54) is 11.8 Å². The van der Waals surface area contributed by atoms with Crippen LogP contribution in [0.5, 0.6) is 5.75 Å².